The van der Waals surface area contributed by atoms with Gasteiger partial charge in [-0.2, -0.15) is 5.10 Å². The molecule has 116 valence electrons. The smallest absolute Gasteiger partial charge is 0.261 e. The maximum absolute atomic E-state index is 13.1. The molecule has 0 aliphatic heterocycles. The molecule has 0 aliphatic carbocycles. The quantitative estimate of drug-likeness (QED) is 0.562. The molecule has 1 aromatic heterocycles. The highest BCUT2D eigenvalue weighted by Gasteiger charge is 2.07. The fourth-order valence-electron chi connectivity index (χ4n) is 1.98. The van der Waals surface area contributed by atoms with Gasteiger partial charge < -0.3 is 0 Å². The second-order valence-electron chi connectivity index (χ2n) is 4.70. The lowest BCUT2D eigenvalue weighted by molar-refractivity contribution is -0.121. The second kappa shape index (κ2) is 6.66. The van der Waals surface area contributed by atoms with Gasteiger partial charge in [-0.25, -0.2) is 14.5 Å². The molecule has 2 aromatic carbocycles. The van der Waals surface area contributed by atoms with E-state index in [1.165, 1.54) is 17.0 Å². The first-order valence-corrected chi connectivity index (χ1v) is 7.48. The molecule has 0 fully saturated rings. The van der Waals surface area contributed by atoms with E-state index < -0.39 is 0 Å². The SMILES string of the molecule is O=C(Cn1nnc2ccccc21)N/N=C\c1ccc(F)c(Br)c1. The first kappa shape index (κ1) is 15.3. The molecule has 1 amide bonds. The third-order valence-corrected chi connectivity index (χ3v) is 3.67. The Morgan fingerprint density at radius 2 is 2.17 bits per heavy atom. The number of aromatic nitrogens is 3. The first-order chi connectivity index (χ1) is 11.1. The maximum atomic E-state index is 13.1. The van der Waals surface area contributed by atoms with Crippen LogP contribution in [-0.4, -0.2) is 27.1 Å². The normalized spacial score (nSPS) is 11.2. The highest BCUT2D eigenvalue weighted by Crippen LogP contribution is 2.15. The summed E-state index contributed by atoms with van der Waals surface area (Å²) in [5.74, 6) is -0.692. The number of nitrogens with one attached hydrogen (secondary N) is 1. The molecule has 0 radical (unpaired) electrons. The van der Waals surface area contributed by atoms with Gasteiger partial charge in [-0.3, -0.25) is 4.79 Å². The van der Waals surface area contributed by atoms with Gasteiger partial charge in [0.2, 0.25) is 0 Å². The standard InChI is InChI=1S/C15H11BrFN5O/c16-11-7-10(5-6-12(11)17)8-18-20-15(23)9-22-14-4-2-1-3-13(14)19-21-22/h1-8H,9H2,(H,20,23)/b18-8-. The fourth-order valence-corrected chi connectivity index (χ4v) is 2.37. The highest BCUT2D eigenvalue weighted by atomic mass is 79.9. The van der Waals surface area contributed by atoms with Crippen molar-refractivity contribution < 1.29 is 9.18 Å². The first-order valence-electron chi connectivity index (χ1n) is 6.68. The number of benzene rings is 2. The van der Waals surface area contributed by atoms with E-state index in [2.05, 4.69) is 36.8 Å². The number of carbonyl (C=O) groups is 1. The molecule has 23 heavy (non-hydrogen) atoms. The second-order valence-corrected chi connectivity index (χ2v) is 5.56. The summed E-state index contributed by atoms with van der Waals surface area (Å²) in [5, 5.41) is 11.7. The average Bonchev–Trinajstić information content (AvgIpc) is 2.94. The lowest BCUT2D eigenvalue weighted by atomic mass is 10.2. The van der Waals surface area contributed by atoms with Crippen LogP contribution in [0.1, 0.15) is 5.56 Å². The van der Waals surface area contributed by atoms with Gasteiger partial charge >= 0.3 is 0 Å². The lowest BCUT2D eigenvalue weighted by Gasteiger charge is -2.01. The van der Waals surface area contributed by atoms with Gasteiger partial charge in [0.15, 0.2) is 0 Å². The summed E-state index contributed by atoms with van der Waals surface area (Å²) >= 11 is 3.09. The van der Waals surface area contributed by atoms with Crippen LogP contribution in [0.5, 0.6) is 0 Å². The van der Waals surface area contributed by atoms with Crippen LogP contribution in [0.25, 0.3) is 11.0 Å². The third kappa shape index (κ3) is 3.59. The summed E-state index contributed by atoms with van der Waals surface area (Å²) < 4.78 is 14.9. The largest absolute Gasteiger partial charge is 0.271 e. The molecule has 1 N–H and O–H groups in total. The zero-order valence-electron chi connectivity index (χ0n) is 11.8. The van der Waals surface area contributed by atoms with Crippen LogP contribution >= 0.6 is 15.9 Å². The Bertz CT molecular complexity index is 892. The van der Waals surface area contributed by atoms with Gasteiger partial charge in [0, 0.05) is 0 Å². The molecule has 0 saturated heterocycles. The number of hydrogen-bond donors (Lipinski definition) is 1. The molecule has 0 unspecified atom stereocenters. The zero-order valence-corrected chi connectivity index (χ0v) is 13.4. The molecule has 1 heterocycles. The van der Waals surface area contributed by atoms with E-state index in [4.69, 9.17) is 0 Å². The van der Waals surface area contributed by atoms with Gasteiger partial charge in [-0.1, -0.05) is 23.4 Å². The number of amides is 1. The summed E-state index contributed by atoms with van der Waals surface area (Å²) in [6.45, 7) is 0.00493. The Morgan fingerprint density at radius 1 is 1.35 bits per heavy atom. The van der Waals surface area contributed by atoms with Crippen LogP contribution in [0.15, 0.2) is 52.0 Å². The van der Waals surface area contributed by atoms with Crippen LogP contribution in [0.4, 0.5) is 4.39 Å². The Hall–Kier alpha value is -2.61. The highest BCUT2D eigenvalue weighted by molar-refractivity contribution is 9.10. The van der Waals surface area contributed by atoms with E-state index in [0.29, 0.717) is 10.0 Å². The van der Waals surface area contributed by atoms with Crippen molar-refractivity contribution in [3.05, 3.63) is 58.3 Å². The molecule has 0 aliphatic rings. The molecule has 0 bridgehead atoms. The topological polar surface area (TPSA) is 72.2 Å². The number of hydrazone groups is 1. The number of fused-ring (bicyclic) bond motifs is 1. The Kier molecular flexibility index (Phi) is 4.42. The average molecular weight is 376 g/mol. The molecule has 3 aromatic rings. The van der Waals surface area contributed by atoms with Crippen molar-refractivity contribution in [2.75, 3.05) is 0 Å². The van der Waals surface area contributed by atoms with Crippen LogP contribution in [0, 0.1) is 5.82 Å². The van der Waals surface area contributed by atoms with E-state index in [0.717, 1.165) is 11.0 Å². The van der Waals surface area contributed by atoms with Gasteiger partial charge in [0.05, 0.1) is 16.2 Å². The van der Waals surface area contributed by atoms with Crippen molar-refractivity contribution in [3.63, 3.8) is 0 Å². The van der Waals surface area contributed by atoms with Gasteiger partial charge in [0.1, 0.15) is 17.9 Å². The van der Waals surface area contributed by atoms with Crippen molar-refractivity contribution in [2.24, 2.45) is 5.10 Å². The van der Waals surface area contributed by atoms with Crippen molar-refractivity contribution >= 4 is 39.1 Å². The predicted octanol–water partition coefficient (Wildman–Crippen LogP) is 2.48. The van der Waals surface area contributed by atoms with Gasteiger partial charge in [-0.15, -0.1) is 5.10 Å². The Labute approximate surface area is 139 Å². The monoisotopic (exact) mass is 375 g/mol. The summed E-state index contributed by atoms with van der Waals surface area (Å²) in [7, 11) is 0. The minimum atomic E-state index is -0.357. The molecule has 3 rings (SSSR count). The zero-order chi connectivity index (χ0) is 16.2. The third-order valence-electron chi connectivity index (χ3n) is 3.06. The Balaban J connectivity index is 1.63. The van der Waals surface area contributed by atoms with Crippen molar-refractivity contribution in [3.8, 4) is 0 Å². The lowest BCUT2D eigenvalue weighted by Crippen LogP contribution is -2.23. The number of nitrogens with zero attached hydrogens (tertiary/aromatic N) is 4. The molecule has 6 nitrogen and oxygen atoms in total. The molecule has 0 saturated carbocycles. The minimum Gasteiger partial charge on any atom is -0.271 e. The van der Waals surface area contributed by atoms with E-state index in [1.807, 2.05) is 24.3 Å². The Morgan fingerprint density at radius 3 is 3.00 bits per heavy atom. The maximum Gasteiger partial charge on any atom is 0.261 e. The molecular weight excluding hydrogens is 365 g/mol. The van der Waals surface area contributed by atoms with E-state index in [9.17, 15) is 9.18 Å². The summed E-state index contributed by atoms with van der Waals surface area (Å²) in [6, 6.07) is 11.8. The number of halogens is 2. The molecule has 8 heteroatoms. The van der Waals surface area contributed by atoms with Crippen molar-refractivity contribution in [2.45, 2.75) is 6.54 Å². The minimum absolute atomic E-state index is 0.00493. The number of carbonyl (C=O) groups excluding carboxylic acids is 1. The van der Waals surface area contributed by atoms with E-state index in [-0.39, 0.29) is 18.3 Å². The molecular formula is C15H11BrFN5O. The van der Waals surface area contributed by atoms with Crippen LogP contribution in [-0.2, 0) is 11.3 Å². The van der Waals surface area contributed by atoms with Crippen molar-refractivity contribution in [1.29, 1.82) is 0 Å². The van der Waals surface area contributed by atoms with E-state index in [1.54, 1.807) is 12.1 Å². The fraction of sp³-hybridized carbons (Fsp3) is 0.0667. The van der Waals surface area contributed by atoms with Crippen LogP contribution < -0.4 is 5.43 Å². The molecule has 0 spiro atoms. The van der Waals surface area contributed by atoms with E-state index >= 15 is 0 Å². The summed E-state index contributed by atoms with van der Waals surface area (Å²) in [4.78, 5) is 11.9. The van der Waals surface area contributed by atoms with Gasteiger partial charge in [0.25, 0.3) is 5.91 Å². The van der Waals surface area contributed by atoms with Crippen LogP contribution in [0.3, 0.4) is 0 Å². The van der Waals surface area contributed by atoms with Crippen LogP contribution in [0.2, 0.25) is 0 Å². The number of para-hydroxylation sites is 1. The van der Waals surface area contributed by atoms with Crippen molar-refractivity contribution in [1.82, 2.24) is 20.4 Å². The van der Waals surface area contributed by atoms with Gasteiger partial charge in [-0.05, 0) is 45.8 Å². The predicted molar refractivity (Wildman–Crippen MR) is 87.4 cm³/mol. The summed E-state index contributed by atoms with van der Waals surface area (Å²) in [6.07, 6.45) is 1.43. The molecule has 0 atom stereocenters. The number of rotatable bonds is 4. The number of hydrogen-bond acceptors (Lipinski definition) is 4. The summed E-state index contributed by atoms with van der Waals surface area (Å²) in [5.41, 5.74) is 4.55.